The van der Waals surface area contributed by atoms with Crippen molar-refractivity contribution in [2.24, 2.45) is 0 Å². The van der Waals surface area contributed by atoms with Crippen molar-refractivity contribution in [3.8, 4) is 0 Å². The summed E-state index contributed by atoms with van der Waals surface area (Å²) in [6.45, 7) is 5.04. The lowest BCUT2D eigenvalue weighted by molar-refractivity contribution is 0.257. The smallest absolute Gasteiger partial charge is 0.203 e. The van der Waals surface area contributed by atoms with Crippen LogP contribution in [-0.4, -0.2) is 50.2 Å². The van der Waals surface area contributed by atoms with E-state index in [1.54, 1.807) is 6.20 Å². The summed E-state index contributed by atoms with van der Waals surface area (Å²) in [7, 11) is 2.19. The zero-order valence-electron chi connectivity index (χ0n) is 11.7. The highest BCUT2D eigenvalue weighted by Gasteiger charge is 2.29. The summed E-state index contributed by atoms with van der Waals surface area (Å²) in [6, 6.07) is 1.26. The summed E-state index contributed by atoms with van der Waals surface area (Å²) in [5.41, 5.74) is 0.793. The number of hydrogen-bond donors (Lipinski definition) is 1. The average Bonchev–Trinajstić information content (AvgIpc) is 3.20. The standard InChI is InChI=1S/C13H20N6/c1-9(18(3)11-4-5-11)8-15-12-13-17-16-10(2)19(13)7-6-14-12/h6-7,9,11H,4-5,8H2,1-3H3,(H,14,15). The van der Waals surface area contributed by atoms with E-state index in [9.17, 15) is 0 Å². The Morgan fingerprint density at radius 3 is 3.00 bits per heavy atom. The van der Waals surface area contributed by atoms with Crippen LogP contribution >= 0.6 is 0 Å². The van der Waals surface area contributed by atoms with Gasteiger partial charge in [0.25, 0.3) is 0 Å². The number of hydrogen-bond acceptors (Lipinski definition) is 5. The highest BCUT2D eigenvalue weighted by atomic mass is 15.3. The van der Waals surface area contributed by atoms with Crippen molar-refractivity contribution in [3.05, 3.63) is 18.2 Å². The van der Waals surface area contributed by atoms with Crippen LogP contribution < -0.4 is 5.32 Å². The summed E-state index contributed by atoms with van der Waals surface area (Å²) in [5, 5.41) is 11.6. The molecule has 6 heteroatoms. The number of aryl methyl sites for hydroxylation is 1. The van der Waals surface area contributed by atoms with Gasteiger partial charge in [-0.25, -0.2) is 4.98 Å². The van der Waals surface area contributed by atoms with Gasteiger partial charge in [0.2, 0.25) is 5.65 Å². The van der Waals surface area contributed by atoms with E-state index in [1.165, 1.54) is 12.8 Å². The van der Waals surface area contributed by atoms with Crippen molar-refractivity contribution in [1.29, 1.82) is 0 Å². The molecule has 1 fully saturated rings. The Labute approximate surface area is 112 Å². The molecule has 19 heavy (non-hydrogen) atoms. The first-order valence-corrected chi connectivity index (χ1v) is 6.79. The minimum Gasteiger partial charge on any atom is -0.365 e. The first kappa shape index (κ1) is 12.3. The Hall–Kier alpha value is -1.69. The van der Waals surface area contributed by atoms with E-state index in [0.29, 0.717) is 6.04 Å². The van der Waals surface area contributed by atoms with Gasteiger partial charge in [0, 0.05) is 31.0 Å². The molecule has 0 aliphatic heterocycles. The molecule has 1 N–H and O–H groups in total. The predicted molar refractivity (Wildman–Crippen MR) is 74.3 cm³/mol. The number of anilines is 1. The highest BCUT2D eigenvalue weighted by molar-refractivity contribution is 5.61. The van der Waals surface area contributed by atoms with Gasteiger partial charge in [-0.3, -0.25) is 9.30 Å². The van der Waals surface area contributed by atoms with Crippen LogP contribution in [0.25, 0.3) is 5.65 Å². The number of nitrogens with zero attached hydrogens (tertiary/aromatic N) is 5. The predicted octanol–water partition coefficient (Wildman–Crippen LogP) is 1.33. The van der Waals surface area contributed by atoms with Crippen LogP contribution in [0, 0.1) is 6.92 Å². The van der Waals surface area contributed by atoms with E-state index >= 15 is 0 Å². The minimum atomic E-state index is 0.485. The zero-order chi connectivity index (χ0) is 13.4. The summed E-state index contributed by atoms with van der Waals surface area (Å²) in [6.07, 6.45) is 6.33. The second-order valence-electron chi connectivity index (χ2n) is 5.34. The quantitative estimate of drug-likeness (QED) is 0.879. The maximum absolute atomic E-state index is 4.36. The van der Waals surface area contributed by atoms with Gasteiger partial charge in [-0.05, 0) is 33.7 Å². The van der Waals surface area contributed by atoms with Crippen molar-refractivity contribution >= 4 is 11.5 Å². The van der Waals surface area contributed by atoms with Crippen LogP contribution in [0.2, 0.25) is 0 Å². The van der Waals surface area contributed by atoms with Crippen LogP contribution in [0.15, 0.2) is 12.4 Å². The summed E-state index contributed by atoms with van der Waals surface area (Å²) in [5.74, 6) is 1.68. The maximum Gasteiger partial charge on any atom is 0.203 e. The molecule has 1 aliphatic rings. The first-order chi connectivity index (χ1) is 9.16. The van der Waals surface area contributed by atoms with E-state index in [2.05, 4.69) is 39.4 Å². The van der Waals surface area contributed by atoms with E-state index in [1.807, 2.05) is 17.5 Å². The molecule has 102 valence electrons. The Balaban J connectivity index is 1.71. The van der Waals surface area contributed by atoms with E-state index < -0.39 is 0 Å². The highest BCUT2D eigenvalue weighted by Crippen LogP contribution is 2.27. The summed E-state index contributed by atoms with van der Waals surface area (Å²) >= 11 is 0. The molecule has 2 aromatic rings. The van der Waals surface area contributed by atoms with E-state index in [4.69, 9.17) is 0 Å². The largest absolute Gasteiger partial charge is 0.365 e. The van der Waals surface area contributed by atoms with Crippen LogP contribution in [0.5, 0.6) is 0 Å². The Kier molecular flexibility index (Phi) is 3.10. The average molecular weight is 260 g/mol. The van der Waals surface area contributed by atoms with Crippen LogP contribution in [0.1, 0.15) is 25.6 Å². The third kappa shape index (κ3) is 2.40. The van der Waals surface area contributed by atoms with Gasteiger partial charge >= 0.3 is 0 Å². The molecule has 2 heterocycles. The molecule has 0 radical (unpaired) electrons. The maximum atomic E-state index is 4.36. The molecule has 1 unspecified atom stereocenters. The SMILES string of the molecule is Cc1nnc2c(NCC(C)N(C)C3CC3)nccn12. The third-order valence-electron chi connectivity index (χ3n) is 3.88. The molecule has 1 atom stereocenters. The zero-order valence-corrected chi connectivity index (χ0v) is 11.7. The van der Waals surface area contributed by atoms with Crippen LogP contribution in [-0.2, 0) is 0 Å². The van der Waals surface area contributed by atoms with Crippen molar-refractivity contribution in [3.63, 3.8) is 0 Å². The second-order valence-corrected chi connectivity index (χ2v) is 5.34. The molecule has 3 rings (SSSR count). The molecule has 2 aromatic heterocycles. The number of rotatable bonds is 5. The molecule has 0 spiro atoms. The van der Waals surface area contributed by atoms with Gasteiger partial charge in [-0.2, -0.15) is 0 Å². The van der Waals surface area contributed by atoms with Gasteiger partial charge in [0.15, 0.2) is 5.82 Å². The molecular formula is C13H20N6. The fourth-order valence-corrected chi connectivity index (χ4v) is 2.30. The summed E-state index contributed by atoms with van der Waals surface area (Å²) in [4.78, 5) is 6.79. The van der Waals surface area contributed by atoms with Gasteiger partial charge < -0.3 is 5.32 Å². The van der Waals surface area contributed by atoms with E-state index in [0.717, 1.165) is 29.9 Å². The molecule has 6 nitrogen and oxygen atoms in total. The van der Waals surface area contributed by atoms with E-state index in [-0.39, 0.29) is 0 Å². The van der Waals surface area contributed by atoms with Gasteiger partial charge in [0.05, 0.1) is 0 Å². The Bertz CT molecular complexity index is 574. The minimum absolute atomic E-state index is 0.485. The number of aromatic nitrogens is 4. The fourth-order valence-electron chi connectivity index (χ4n) is 2.30. The normalized spacial score (nSPS) is 17.1. The molecule has 0 saturated heterocycles. The van der Waals surface area contributed by atoms with Gasteiger partial charge in [-0.15, -0.1) is 10.2 Å². The molecule has 1 saturated carbocycles. The molecular weight excluding hydrogens is 240 g/mol. The molecule has 0 amide bonds. The lowest BCUT2D eigenvalue weighted by Gasteiger charge is -2.24. The Morgan fingerprint density at radius 2 is 2.26 bits per heavy atom. The lowest BCUT2D eigenvalue weighted by Crippen LogP contribution is -2.36. The van der Waals surface area contributed by atoms with Gasteiger partial charge in [0.1, 0.15) is 5.82 Å². The second kappa shape index (κ2) is 4.77. The third-order valence-corrected chi connectivity index (χ3v) is 3.88. The van der Waals surface area contributed by atoms with Crippen molar-refractivity contribution in [2.45, 2.75) is 38.8 Å². The van der Waals surface area contributed by atoms with Crippen LogP contribution in [0.3, 0.4) is 0 Å². The molecule has 0 bridgehead atoms. The van der Waals surface area contributed by atoms with Crippen molar-refractivity contribution in [1.82, 2.24) is 24.5 Å². The lowest BCUT2D eigenvalue weighted by atomic mass is 10.3. The Morgan fingerprint density at radius 1 is 1.47 bits per heavy atom. The molecule has 0 aromatic carbocycles. The fraction of sp³-hybridized carbons (Fsp3) is 0.615. The first-order valence-electron chi connectivity index (χ1n) is 6.79. The summed E-state index contributed by atoms with van der Waals surface area (Å²) < 4.78 is 1.95. The monoisotopic (exact) mass is 260 g/mol. The number of likely N-dealkylation sites (N-methyl/N-ethyl adjacent to an activating group) is 1. The van der Waals surface area contributed by atoms with Crippen molar-refractivity contribution < 1.29 is 0 Å². The van der Waals surface area contributed by atoms with Gasteiger partial charge in [-0.1, -0.05) is 0 Å². The molecule has 1 aliphatic carbocycles. The number of fused-ring (bicyclic) bond motifs is 1. The van der Waals surface area contributed by atoms with Crippen molar-refractivity contribution in [2.75, 3.05) is 18.9 Å². The number of nitrogens with one attached hydrogen (secondary N) is 1. The topological polar surface area (TPSA) is 58.4 Å². The van der Waals surface area contributed by atoms with Crippen LogP contribution in [0.4, 0.5) is 5.82 Å².